The zero-order valence-corrected chi connectivity index (χ0v) is 11.7. The van der Waals surface area contributed by atoms with Crippen LogP contribution in [0.25, 0.3) is 0 Å². The molecule has 1 fully saturated rings. The largest absolute Gasteiger partial charge is 0.481 e. The van der Waals surface area contributed by atoms with Crippen LogP contribution < -0.4 is 4.90 Å². The van der Waals surface area contributed by atoms with Crippen LogP contribution in [0.5, 0.6) is 0 Å². The second kappa shape index (κ2) is 5.47. The Bertz CT molecular complexity index is 587. The second-order valence-electron chi connectivity index (χ2n) is 5.91. The Balaban J connectivity index is 1.79. The monoisotopic (exact) mass is 291 g/mol. The van der Waals surface area contributed by atoms with Gasteiger partial charge in [0, 0.05) is 18.2 Å². The molecule has 1 amide bonds. The number of hydrogen-bond acceptors (Lipinski definition) is 2. The molecule has 1 saturated carbocycles. The highest BCUT2D eigenvalue weighted by molar-refractivity contribution is 5.96. The number of carbonyl (C=O) groups is 2. The number of hydrogen-bond donors (Lipinski definition) is 1. The van der Waals surface area contributed by atoms with Gasteiger partial charge in [0.2, 0.25) is 5.91 Å². The molecular formula is C16H18FNO3. The van der Waals surface area contributed by atoms with E-state index in [1.165, 1.54) is 12.1 Å². The van der Waals surface area contributed by atoms with Crippen LogP contribution in [-0.4, -0.2) is 23.5 Å². The topological polar surface area (TPSA) is 57.6 Å². The lowest BCUT2D eigenvalue weighted by Crippen LogP contribution is -2.39. The van der Waals surface area contributed by atoms with E-state index in [1.807, 2.05) is 0 Å². The van der Waals surface area contributed by atoms with E-state index >= 15 is 0 Å². The SMILES string of the molecule is O=C(O)[C@@H]1CC[C@H](C(=O)N2CCCc3cc(F)ccc32)C1. The highest BCUT2D eigenvalue weighted by Crippen LogP contribution is 2.35. The molecule has 0 radical (unpaired) electrons. The van der Waals surface area contributed by atoms with Gasteiger partial charge in [-0.1, -0.05) is 0 Å². The van der Waals surface area contributed by atoms with Crippen LogP contribution in [-0.2, 0) is 16.0 Å². The van der Waals surface area contributed by atoms with Crippen molar-refractivity contribution in [2.24, 2.45) is 11.8 Å². The van der Waals surface area contributed by atoms with Gasteiger partial charge in [0.1, 0.15) is 5.82 Å². The first kappa shape index (κ1) is 14.0. The Morgan fingerprint density at radius 2 is 2.00 bits per heavy atom. The van der Waals surface area contributed by atoms with Crippen LogP contribution in [0.1, 0.15) is 31.2 Å². The van der Waals surface area contributed by atoms with Crippen molar-refractivity contribution in [2.75, 3.05) is 11.4 Å². The van der Waals surface area contributed by atoms with Crippen molar-refractivity contribution in [3.63, 3.8) is 0 Å². The van der Waals surface area contributed by atoms with Gasteiger partial charge < -0.3 is 10.0 Å². The number of amides is 1. The fourth-order valence-electron chi connectivity index (χ4n) is 3.45. The smallest absolute Gasteiger partial charge is 0.306 e. The first-order chi connectivity index (χ1) is 10.1. The summed E-state index contributed by atoms with van der Waals surface area (Å²) in [6, 6.07) is 4.52. The molecule has 5 heteroatoms. The quantitative estimate of drug-likeness (QED) is 0.911. The lowest BCUT2D eigenvalue weighted by atomic mass is 9.98. The molecule has 0 bridgehead atoms. The Morgan fingerprint density at radius 1 is 1.24 bits per heavy atom. The summed E-state index contributed by atoms with van der Waals surface area (Å²) in [6.07, 6.45) is 3.20. The van der Waals surface area contributed by atoms with E-state index in [1.54, 1.807) is 11.0 Å². The van der Waals surface area contributed by atoms with E-state index < -0.39 is 11.9 Å². The zero-order chi connectivity index (χ0) is 15.0. The number of rotatable bonds is 2. The number of carbonyl (C=O) groups excluding carboxylic acids is 1. The molecule has 1 heterocycles. The van der Waals surface area contributed by atoms with E-state index in [0.29, 0.717) is 25.8 Å². The lowest BCUT2D eigenvalue weighted by molar-refractivity contribution is -0.141. The maximum Gasteiger partial charge on any atom is 0.306 e. The maximum absolute atomic E-state index is 13.3. The van der Waals surface area contributed by atoms with E-state index in [-0.39, 0.29) is 17.6 Å². The summed E-state index contributed by atoms with van der Waals surface area (Å²) >= 11 is 0. The summed E-state index contributed by atoms with van der Waals surface area (Å²) in [4.78, 5) is 25.4. The number of carboxylic acid groups (broad SMARTS) is 1. The van der Waals surface area contributed by atoms with Crippen molar-refractivity contribution in [3.8, 4) is 0 Å². The van der Waals surface area contributed by atoms with E-state index in [2.05, 4.69) is 0 Å². The Hall–Kier alpha value is -1.91. The average Bonchev–Trinajstić information content (AvgIpc) is 2.95. The molecule has 0 unspecified atom stereocenters. The van der Waals surface area contributed by atoms with Crippen molar-refractivity contribution in [1.82, 2.24) is 0 Å². The molecule has 2 aliphatic rings. The Kier molecular flexibility index (Phi) is 3.66. The molecule has 1 aromatic carbocycles. The van der Waals surface area contributed by atoms with Crippen molar-refractivity contribution in [3.05, 3.63) is 29.6 Å². The minimum absolute atomic E-state index is 0.00805. The molecule has 1 aliphatic heterocycles. The molecule has 0 aromatic heterocycles. The summed E-state index contributed by atoms with van der Waals surface area (Å²) < 4.78 is 13.3. The lowest BCUT2D eigenvalue weighted by Gasteiger charge is -2.31. The molecule has 21 heavy (non-hydrogen) atoms. The first-order valence-electron chi connectivity index (χ1n) is 7.39. The van der Waals surface area contributed by atoms with Crippen molar-refractivity contribution < 1.29 is 19.1 Å². The van der Waals surface area contributed by atoms with Crippen molar-refractivity contribution >= 4 is 17.6 Å². The summed E-state index contributed by atoms with van der Waals surface area (Å²) in [7, 11) is 0. The number of halogens is 1. The van der Waals surface area contributed by atoms with E-state index in [4.69, 9.17) is 5.11 Å². The van der Waals surface area contributed by atoms with Gasteiger partial charge >= 0.3 is 5.97 Å². The molecule has 4 nitrogen and oxygen atoms in total. The minimum atomic E-state index is -0.814. The van der Waals surface area contributed by atoms with Crippen LogP contribution in [0.4, 0.5) is 10.1 Å². The molecule has 1 aromatic rings. The fourth-order valence-corrected chi connectivity index (χ4v) is 3.45. The van der Waals surface area contributed by atoms with Crippen molar-refractivity contribution in [2.45, 2.75) is 32.1 Å². The van der Waals surface area contributed by atoms with Gasteiger partial charge in [-0.05, 0) is 55.9 Å². The molecular weight excluding hydrogens is 273 g/mol. The molecule has 112 valence electrons. The highest BCUT2D eigenvalue weighted by Gasteiger charge is 2.37. The maximum atomic E-state index is 13.3. The number of anilines is 1. The van der Waals surface area contributed by atoms with Crippen LogP contribution in [0, 0.1) is 17.7 Å². The number of aliphatic carboxylic acids is 1. The zero-order valence-electron chi connectivity index (χ0n) is 11.7. The van der Waals surface area contributed by atoms with Gasteiger partial charge in [0.05, 0.1) is 5.92 Å². The predicted molar refractivity (Wildman–Crippen MR) is 75.5 cm³/mol. The van der Waals surface area contributed by atoms with Gasteiger partial charge in [-0.25, -0.2) is 4.39 Å². The summed E-state index contributed by atoms with van der Waals surface area (Å²) in [6.45, 7) is 0.631. The third kappa shape index (κ3) is 2.64. The van der Waals surface area contributed by atoms with Gasteiger partial charge in [-0.2, -0.15) is 0 Å². The van der Waals surface area contributed by atoms with Gasteiger partial charge in [0.25, 0.3) is 0 Å². The third-order valence-electron chi connectivity index (χ3n) is 4.56. The summed E-state index contributed by atoms with van der Waals surface area (Å²) in [5.74, 6) is -1.73. The predicted octanol–water partition coefficient (Wildman–Crippen LogP) is 2.61. The fraction of sp³-hybridized carbons (Fsp3) is 0.500. The minimum Gasteiger partial charge on any atom is -0.481 e. The van der Waals surface area contributed by atoms with Gasteiger partial charge in [-0.15, -0.1) is 0 Å². The first-order valence-corrected chi connectivity index (χ1v) is 7.39. The highest BCUT2D eigenvalue weighted by atomic mass is 19.1. The molecule has 0 spiro atoms. The number of fused-ring (bicyclic) bond motifs is 1. The number of aryl methyl sites for hydroxylation is 1. The molecule has 1 N–H and O–H groups in total. The van der Waals surface area contributed by atoms with Crippen LogP contribution in [0.3, 0.4) is 0 Å². The third-order valence-corrected chi connectivity index (χ3v) is 4.56. The van der Waals surface area contributed by atoms with Crippen LogP contribution in [0.15, 0.2) is 18.2 Å². The Morgan fingerprint density at radius 3 is 2.71 bits per heavy atom. The van der Waals surface area contributed by atoms with Crippen LogP contribution >= 0.6 is 0 Å². The van der Waals surface area contributed by atoms with Crippen LogP contribution in [0.2, 0.25) is 0 Å². The molecule has 1 aliphatic carbocycles. The second-order valence-corrected chi connectivity index (χ2v) is 5.91. The standard InChI is InChI=1S/C16H18FNO3/c17-13-5-6-14-10(9-13)2-1-7-18(14)15(19)11-3-4-12(8-11)16(20)21/h5-6,9,11-12H,1-4,7-8H2,(H,20,21)/t11-,12+/m0/s1. The average molecular weight is 291 g/mol. The Labute approximate surface area is 122 Å². The number of carboxylic acids is 1. The normalized spacial score (nSPS) is 24.7. The summed E-state index contributed by atoms with van der Waals surface area (Å²) in [5, 5.41) is 9.04. The van der Waals surface area contributed by atoms with Gasteiger partial charge in [-0.3, -0.25) is 9.59 Å². The summed E-state index contributed by atoms with van der Waals surface area (Å²) in [5.41, 5.74) is 1.65. The molecule has 2 atom stereocenters. The molecule has 3 rings (SSSR count). The van der Waals surface area contributed by atoms with E-state index in [9.17, 15) is 14.0 Å². The number of benzene rings is 1. The number of nitrogens with zero attached hydrogens (tertiary/aromatic N) is 1. The van der Waals surface area contributed by atoms with Gasteiger partial charge in [0.15, 0.2) is 0 Å². The van der Waals surface area contributed by atoms with Crippen molar-refractivity contribution in [1.29, 1.82) is 0 Å². The van der Waals surface area contributed by atoms with E-state index in [0.717, 1.165) is 24.1 Å². The molecule has 0 saturated heterocycles.